The molecule has 0 radical (unpaired) electrons. The summed E-state index contributed by atoms with van der Waals surface area (Å²) in [7, 11) is 2.62. The Kier molecular flexibility index (Phi) is 5.05. The molecule has 0 fully saturated rings. The van der Waals surface area contributed by atoms with Crippen molar-refractivity contribution in [2.45, 2.75) is 32.0 Å². The second-order valence-electron chi connectivity index (χ2n) is 6.74. The predicted octanol–water partition coefficient (Wildman–Crippen LogP) is 3.19. The van der Waals surface area contributed by atoms with Gasteiger partial charge in [0.2, 0.25) is 0 Å². The number of esters is 1. The van der Waals surface area contributed by atoms with Crippen LogP contribution in [0, 0.1) is 0 Å². The molecule has 0 saturated carbocycles. The van der Waals surface area contributed by atoms with E-state index in [0.29, 0.717) is 10.7 Å². The van der Waals surface area contributed by atoms with Crippen molar-refractivity contribution in [3.8, 4) is 0 Å². The minimum Gasteiger partial charge on any atom is -0.466 e. The summed E-state index contributed by atoms with van der Waals surface area (Å²) >= 11 is 6.06. The fourth-order valence-electron chi connectivity index (χ4n) is 2.66. The van der Waals surface area contributed by atoms with E-state index in [1.807, 2.05) is 0 Å². The molecule has 1 aliphatic heterocycles. The van der Waals surface area contributed by atoms with Gasteiger partial charge in [0.15, 0.2) is 0 Å². The molecular weight excluding hydrogens is 362 g/mol. The van der Waals surface area contributed by atoms with Gasteiger partial charge in [-0.1, -0.05) is 18.2 Å². The number of rotatable bonds is 3. The number of methoxy groups -OCH3 is 1. The first-order chi connectivity index (χ1) is 11.9. The van der Waals surface area contributed by atoms with Gasteiger partial charge in [-0.25, -0.2) is 9.59 Å². The molecule has 0 spiro atoms. The zero-order chi connectivity index (χ0) is 19.9. The highest BCUT2D eigenvalue weighted by Crippen LogP contribution is 2.47. The summed E-state index contributed by atoms with van der Waals surface area (Å²) in [6, 6.07) is 4.60. The smallest absolute Gasteiger partial charge is 0.466 e. The molecule has 1 heterocycles. The van der Waals surface area contributed by atoms with Gasteiger partial charge < -0.3 is 19.1 Å². The molecule has 1 aromatic carbocycles. The maximum absolute atomic E-state index is 13.0. The van der Waals surface area contributed by atoms with Gasteiger partial charge in [-0.3, -0.25) is 4.79 Å². The van der Waals surface area contributed by atoms with Crippen LogP contribution in [0.1, 0.15) is 26.3 Å². The van der Waals surface area contributed by atoms with Crippen LogP contribution in [0.2, 0.25) is 5.02 Å². The van der Waals surface area contributed by atoms with Crippen LogP contribution in [-0.4, -0.2) is 37.8 Å². The van der Waals surface area contributed by atoms with E-state index in [-0.39, 0.29) is 11.1 Å². The molecule has 0 N–H and O–H groups in total. The Morgan fingerprint density at radius 1 is 1.27 bits per heavy atom. The van der Waals surface area contributed by atoms with E-state index in [4.69, 9.17) is 21.1 Å². The molecule has 0 aromatic heterocycles. The number of carbonyl (C=O) groups excluding carboxylic acids is 3. The Balaban J connectivity index is 2.65. The fourth-order valence-corrected chi connectivity index (χ4v) is 2.83. The molecule has 1 atom stereocenters. The SMILES string of the molecule is C=C(C(=O)OC)C1(OC(=O)OC(C)(C)C)C(=O)N(C)c2ccc(Cl)cc21. The van der Waals surface area contributed by atoms with Gasteiger partial charge in [0, 0.05) is 17.6 Å². The summed E-state index contributed by atoms with van der Waals surface area (Å²) < 4.78 is 15.3. The highest BCUT2D eigenvalue weighted by molar-refractivity contribution is 6.31. The second-order valence-corrected chi connectivity index (χ2v) is 7.18. The number of likely N-dealkylation sites (N-methyl/N-ethyl adjacent to an activating group) is 1. The maximum Gasteiger partial charge on any atom is 0.510 e. The van der Waals surface area contributed by atoms with Gasteiger partial charge in [-0.15, -0.1) is 0 Å². The van der Waals surface area contributed by atoms with Crippen molar-refractivity contribution >= 4 is 35.3 Å². The summed E-state index contributed by atoms with van der Waals surface area (Å²) in [4.78, 5) is 38.8. The summed E-state index contributed by atoms with van der Waals surface area (Å²) in [6.45, 7) is 8.57. The number of nitrogens with zero attached hydrogens (tertiary/aromatic N) is 1. The first-order valence-corrected chi connectivity index (χ1v) is 8.09. The zero-order valence-electron chi connectivity index (χ0n) is 15.2. The first-order valence-electron chi connectivity index (χ1n) is 7.72. The number of carbonyl (C=O) groups is 3. The molecule has 0 aliphatic carbocycles. The van der Waals surface area contributed by atoms with Crippen LogP contribution in [0.3, 0.4) is 0 Å². The van der Waals surface area contributed by atoms with Crippen molar-refractivity contribution in [1.82, 2.24) is 0 Å². The normalized spacial score (nSPS) is 19.0. The number of ether oxygens (including phenoxy) is 3. The lowest BCUT2D eigenvalue weighted by molar-refractivity contribution is -0.146. The number of amides is 1. The first kappa shape index (κ1) is 19.8. The average Bonchev–Trinajstić information content (AvgIpc) is 2.74. The van der Waals surface area contributed by atoms with E-state index in [1.54, 1.807) is 32.9 Å². The van der Waals surface area contributed by atoms with Crippen LogP contribution in [-0.2, 0) is 29.4 Å². The maximum atomic E-state index is 13.0. The van der Waals surface area contributed by atoms with Crippen LogP contribution < -0.4 is 4.90 Å². The standard InChI is InChI=1S/C18H20ClNO6/c1-10(14(21)24-6)18(26-16(23)25-17(2,3)4)12-9-11(19)7-8-13(12)20(5)15(18)22/h7-9H,1H2,2-6H3. The quantitative estimate of drug-likeness (QED) is 0.590. The number of hydrogen-bond acceptors (Lipinski definition) is 6. The number of benzene rings is 1. The van der Waals surface area contributed by atoms with Gasteiger partial charge >= 0.3 is 12.1 Å². The van der Waals surface area contributed by atoms with Crippen molar-refractivity contribution < 1.29 is 28.6 Å². The number of anilines is 1. The molecular formula is C18H20ClNO6. The Labute approximate surface area is 156 Å². The molecule has 26 heavy (non-hydrogen) atoms. The Morgan fingerprint density at radius 2 is 1.88 bits per heavy atom. The van der Waals surface area contributed by atoms with E-state index >= 15 is 0 Å². The lowest BCUT2D eigenvalue weighted by atomic mass is 9.87. The van der Waals surface area contributed by atoms with Crippen molar-refractivity contribution in [3.05, 3.63) is 40.9 Å². The Morgan fingerprint density at radius 3 is 2.42 bits per heavy atom. The van der Waals surface area contributed by atoms with Crippen molar-refractivity contribution in [3.63, 3.8) is 0 Å². The van der Waals surface area contributed by atoms with E-state index in [2.05, 4.69) is 11.3 Å². The minimum absolute atomic E-state index is 0.207. The lowest BCUT2D eigenvalue weighted by Crippen LogP contribution is -2.46. The van der Waals surface area contributed by atoms with Gasteiger partial charge in [-0.2, -0.15) is 0 Å². The molecule has 1 amide bonds. The van der Waals surface area contributed by atoms with Gasteiger partial charge in [0.05, 0.1) is 18.4 Å². The summed E-state index contributed by atoms with van der Waals surface area (Å²) in [5, 5.41) is 0.293. The van der Waals surface area contributed by atoms with Crippen LogP contribution in [0.5, 0.6) is 0 Å². The number of hydrogen-bond donors (Lipinski definition) is 0. The van der Waals surface area contributed by atoms with Gasteiger partial charge in [0.1, 0.15) is 5.60 Å². The fraction of sp³-hybridized carbons (Fsp3) is 0.389. The van der Waals surface area contributed by atoms with Gasteiger partial charge in [0.25, 0.3) is 11.5 Å². The number of fused-ring (bicyclic) bond motifs is 1. The third-order valence-corrected chi connectivity index (χ3v) is 4.02. The third-order valence-electron chi connectivity index (χ3n) is 3.79. The van der Waals surface area contributed by atoms with Crippen molar-refractivity contribution in [2.75, 3.05) is 19.1 Å². The van der Waals surface area contributed by atoms with Crippen LogP contribution in [0.4, 0.5) is 10.5 Å². The minimum atomic E-state index is -2.12. The van der Waals surface area contributed by atoms with Gasteiger partial charge in [-0.05, 0) is 39.0 Å². The monoisotopic (exact) mass is 381 g/mol. The van der Waals surface area contributed by atoms with E-state index in [9.17, 15) is 14.4 Å². The second kappa shape index (κ2) is 6.64. The van der Waals surface area contributed by atoms with Crippen molar-refractivity contribution in [2.24, 2.45) is 0 Å². The average molecular weight is 382 g/mol. The number of halogens is 1. The topological polar surface area (TPSA) is 82.1 Å². The summed E-state index contributed by atoms with van der Waals surface area (Å²) in [5.41, 5.74) is -2.71. The van der Waals surface area contributed by atoms with Crippen LogP contribution >= 0.6 is 11.6 Å². The van der Waals surface area contributed by atoms with E-state index in [1.165, 1.54) is 18.0 Å². The summed E-state index contributed by atoms with van der Waals surface area (Å²) in [6.07, 6.45) is -1.13. The molecule has 0 bridgehead atoms. The highest BCUT2D eigenvalue weighted by atomic mass is 35.5. The molecule has 1 aromatic rings. The molecule has 0 saturated heterocycles. The molecule has 140 valence electrons. The predicted molar refractivity (Wildman–Crippen MR) is 95.0 cm³/mol. The molecule has 2 rings (SSSR count). The largest absolute Gasteiger partial charge is 0.510 e. The van der Waals surface area contributed by atoms with Crippen LogP contribution in [0.25, 0.3) is 0 Å². The molecule has 1 unspecified atom stereocenters. The Bertz CT molecular complexity index is 797. The zero-order valence-corrected chi connectivity index (χ0v) is 16.0. The molecule has 7 nitrogen and oxygen atoms in total. The Hall–Kier alpha value is -2.54. The van der Waals surface area contributed by atoms with E-state index < -0.39 is 29.2 Å². The van der Waals surface area contributed by atoms with Crippen LogP contribution in [0.15, 0.2) is 30.4 Å². The van der Waals surface area contributed by atoms with E-state index in [0.717, 1.165) is 7.11 Å². The molecule has 1 aliphatic rings. The summed E-state index contributed by atoms with van der Waals surface area (Å²) in [5.74, 6) is -1.58. The highest BCUT2D eigenvalue weighted by Gasteiger charge is 2.58. The molecule has 8 heteroatoms. The lowest BCUT2D eigenvalue weighted by Gasteiger charge is -2.30. The third kappa shape index (κ3) is 3.26. The van der Waals surface area contributed by atoms with Crippen molar-refractivity contribution in [1.29, 1.82) is 0 Å².